The van der Waals surface area contributed by atoms with Crippen LogP contribution in [0.4, 0.5) is 0 Å². The smallest absolute Gasteiger partial charge is 0.271 e. The van der Waals surface area contributed by atoms with Crippen LogP contribution in [0.3, 0.4) is 0 Å². The predicted octanol–water partition coefficient (Wildman–Crippen LogP) is 1.27. The molecule has 0 saturated heterocycles. The van der Waals surface area contributed by atoms with Crippen LogP contribution in [0.15, 0.2) is 12.4 Å². The van der Waals surface area contributed by atoms with Crippen LogP contribution in [0.25, 0.3) is 0 Å². The van der Waals surface area contributed by atoms with Crippen molar-refractivity contribution in [2.24, 2.45) is 5.92 Å². The van der Waals surface area contributed by atoms with E-state index < -0.39 is 0 Å². The molecule has 4 nitrogen and oxygen atoms in total. The van der Waals surface area contributed by atoms with E-state index in [-0.39, 0.29) is 16.8 Å². The average molecular weight is 212 g/mol. The predicted molar refractivity (Wildman–Crippen MR) is 52.1 cm³/mol. The maximum absolute atomic E-state index is 11.5. The van der Waals surface area contributed by atoms with Gasteiger partial charge in [0.25, 0.3) is 5.91 Å². The number of hydrogen-bond acceptors (Lipinski definition) is 3. The summed E-state index contributed by atoms with van der Waals surface area (Å²) in [5, 5.41) is 3.03. The Morgan fingerprint density at radius 1 is 1.57 bits per heavy atom. The van der Waals surface area contributed by atoms with Crippen molar-refractivity contribution in [2.45, 2.75) is 12.8 Å². The van der Waals surface area contributed by atoms with Gasteiger partial charge in [0.05, 0.1) is 12.4 Å². The second-order valence-electron chi connectivity index (χ2n) is 3.38. The molecule has 74 valence electrons. The molecule has 0 bridgehead atoms. The Labute approximate surface area is 86.7 Å². The molecule has 1 fully saturated rings. The van der Waals surface area contributed by atoms with E-state index in [1.807, 2.05) is 0 Å². The van der Waals surface area contributed by atoms with Crippen LogP contribution in [0, 0.1) is 5.92 Å². The van der Waals surface area contributed by atoms with E-state index >= 15 is 0 Å². The van der Waals surface area contributed by atoms with Crippen molar-refractivity contribution >= 4 is 17.5 Å². The lowest BCUT2D eigenvalue weighted by atomic mass is 10.4. The van der Waals surface area contributed by atoms with Crippen LogP contribution in [0.5, 0.6) is 0 Å². The summed E-state index contributed by atoms with van der Waals surface area (Å²) in [7, 11) is 0. The zero-order valence-corrected chi connectivity index (χ0v) is 8.29. The Balaban J connectivity index is 1.95. The minimum atomic E-state index is -0.202. The summed E-state index contributed by atoms with van der Waals surface area (Å²) in [6, 6.07) is 0. The highest BCUT2D eigenvalue weighted by atomic mass is 35.5. The van der Waals surface area contributed by atoms with Crippen LogP contribution >= 0.6 is 11.6 Å². The first kappa shape index (κ1) is 9.40. The van der Waals surface area contributed by atoms with E-state index in [0.717, 1.165) is 6.54 Å². The number of rotatable bonds is 3. The fourth-order valence-electron chi connectivity index (χ4n) is 1.10. The minimum absolute atomic E-state index is 0.202. The summed E-state index contributed by atoms with van der Waals surface area (Å²) in [6.07, 6.45) is 5.23. The monoisotopic (exact) mass is 211 g/mol. The minimum Gasteiger partial charge on any atom is -0.350 e. The summed E-state index contributed by atoms with van der Waals surface area (Å²) in [4.78, 5) is 19.1. The van der Waals surface area contributed by atoms with Crippen molar-refractivity contribution in [3.8, 4) is 0 Å². The van der Waals surface area contributed by atoms with Crippen molar-refractivity contribution in [2.75, 3.05) is 6.54 Å². The zero-order valence-electron chi connectivity index (χ0n) is 7.53. The van der Waals surface area contributed by atoms with Crippen LogP contribution in [0.1, 0.15) is 23.3 Å². The van der Waals surface area contributed by atoms with Crippen LogP contribution < -0.4 is 5.32 Å². The Morgan fingerprint density at radius 3 is 3.00 bits per heavy atom. The summed E-state index contributed by atoms with van der Waals surface area (Å²) < 4.78 is 0. The van der Waals surface area contributed by atoms with Crippen molar-refractivity contribution in [1.29, 1.82) is 0 Å². The molecule has 1 aromatic rings. The van der Waals surface area contributed by atoms with Gasteiger partial charge in [-0.25, -0.2) is 4.98 Å². The summed E-state index contributed by atoms with van der Waals surface area (Å²) in [6.45, 7) is 0.729. The van der Waals surface area contributed by atoms with Crippen molar-refractivity contribution in [3.63, 3.8) is 0 Å². The number of carbonyl (C=O) groups excluding carboxylic acids is 1. The molecular weight excluding hydrogens is 202 g/mol. The number of halogens is 1. The molecule has 1 aliphatic carbocycles. The first-order valence-corrected chi connectivity index (χ1v) is 4.89. The second-order valence-corrected chi connectivity index (χ2v) is 3.77. The molecule has 0 unspecified atom stereocenters. The van der Waals surface area contributed by atoms with Gasteiger partial charge in [0.15, 0.2) is 0 Å². The van der Waals surface area contributed by atoms with E-state index in [0.29, 0.717) is 5.92 Å². The Hall–Kier alpha value is -1.16. The normalized spacial score (nSPS) is 15.2. The van der Waals surface area contributed by atoms with Gasteiger partial charge in [-0.15, -0.1) is 0 Å². The molecule has 1 aromatic heterocycles. The van der Waals surface area contributed by atoms with Gasteiger partial charge >= 0.3 is 0 Å². The Bertz CT molecular complexity index is 352. The summed E-state index contributed by atoms with van der Waals surface area (Å²) in [5.41, 5.74) is 0.276. The number of nitrogens with zero attached hydrogens (tertiary/aromatic N) is 2. The molecule has 0 spiro atoms. The number of hydrogen-bond donors (Lipinski definition) is 1. The van der Waals surface area contributed by atoms with Gasteiger partial charge < -0.3 is 5.32 Å². The topological polar surface area (TPSA) is 54.9 Å². The molecule has 1 saturated carbocycles. The SMILES string of the molecule is O=C(NCC1CC1)c1cncc(Cl)n1. The van der Waals surface area contributed by atoms with Crippen molar-refractivity contribution in [1.82, 2.24) is 15.3 Å². The highest BCUT2D eigenvalue weighted by Crippen LogP contribution is 2.27. The highest BCUT2D eigenvalue weighted by Gasteiger charge is 2.22. The van der Waals surface area contributed by atoms with E-state index in [1.54, 1.807) is 0 Å². The maximum atomic E-state index is 11.5. The standard InChI is InChI=1S/C9H10ClN3O/c10-8-5-11-4-7(13-8)9(14)12-3-6-1-2-6/h4-6H,1-3H2,(H,12,14). The molecule has 1 aliphatic rings. The fraction of sp³-hybridized carbons (Fsp3) is 0.444. The molecule has 0 radical (unpaired) electrons. The first-order valence-electron chi connectivity index (χ1n) is 4.51. The van der Waals surface area contributed by atoms with E-state index in [4.69, 9.17) is 11.6 Å². The molecule has 1 N–H and O–H groups in total. The first-order chi connectivity index (χ1) is 6.75. The third-order valence-electron chi connectivity index (χ3n) is 2.09. The molecule has 1 heterocycles. The quantitative estimate of drug-likeness (QED) is 0.819. The van der Waals surface area contributed by atoms with Gasteiger partial charge in [0.1, 0.15) is 10.8 Å². The molecule has 0 atom stereocenters. The molecule has 0 aliphatic heterocycles. The molecule has 1 amide bonds. The van der Waals surface area contributed by atoms with Crippen molar-refractivity contribution < 1.29 is 4.79 Å². The van der Waals surface area contributed by atoms with Gasteiger partial charge in [0, 0.05) is 6.54 Å². The van der Waals surface area contributed by atoms with Gasteiger partial charge in [0.2, 0.25) is 0 Å². The molecule has 0 aromatic carbocycles. The largest absolute Gasteiger partial charge is 0.350 e. The molecule has 5 heteroatoms. The zero-order chi connectivity index (χ0) is 9.97. The number of carbonyl (C=O) groups is 1. The van der Waals surface area contributed by atoms with Gasteiger partial charge in [-0.3, -0.25) is 9.78 Å². The average Bonchev–Trinajstić information content (AvgIpc) is 2.97. The van der Waals surface area contributed by atoms with E-state index in [1.165, 1.54) is 25.2 Å². The van der Waals surface area contributed by atoms with Crippen molar-refractivity contribution in [3.05, 3.63) is 23.2 Å². The second kappa shape index (κ2) is 3.92. The lowest BCUT2D eigenvalue weighted by Gasteiger charge is -2.02. The molecular formula is C9H10ClN3O. The summed E-state index contributed by atoms with van der Waals surface area (Å²) in [5.74, 6) is 0.456. The number of nitrogens with one attached hydrogen (secondary N) is 1. The molecule has 14 heavy (non-hydrogen) atoms. The lowest BCUT2D eigenvalue weighted by molar-refractivity contribution is 0.0946. The van der Waals surface area contributed by atoms with Gasteiger partial charge in [-0.2, -0.15) is 0 Å². The third kappa shape index (κ3) is 2.42. The van der Waals surface area contributed by atoms with Crippen LogP contribution in [-0.2, 0) is 0 Å². The maximum Gasteiger partial charge on any atom is 0.271 e. The van der Waals surface area contributed by atoms with Gasteiger partial charge in [-0.05, 0) is 18.8 Å². The Morgan fingerprint density at radius 2 is 2.36 bits per heavy atom. The highest BCUT2D eigenvalue weighted by molar-refractivity contribution is 6.29. The van der Waals surface area contributed by atoms with Crippen LogP contribution in [-0.4, -0.2) is 22.4 Å². The van der Waals surface area contributed by atoms with Crippen LogP contribution in [0.2, 0.25) is 5.15 Å². The lowest BCUT2D eigenvalue weighted by Crippen LogP contribution is -2.26. The van der Waals surface area contributed by atoms with E-state index in [9.17, 15) is 4.79 Å². The number of aromatic nitrogens is 2. The molecule has 2 rings (SSSR count). The Kier molecular flexibility index (Phi) is 2.63. The van der Waals surface area contributed by atoms with Gasteiger partial charge in [-0.1, -0.05) is 11.6 Å². The number of amides is 1. The fourth-order valence-corrected chi connectivity index (χ4v) is 1.25. The third-order valence-corrected chi connectivity index (χ3v) is 2.27. The van der Waals surface area contributed by atoms with E-state index in [2.05, 4.69) is 15.3 Å². The summed E-state index contributed by atoms with van der Waals surface area (Å²) >= 11 is 5.61.